The van der Waals surface area contributed by atoms with Gasteiger partial charge in [-0.2, -0.15) is 0 Å². The third-order valence-corrected chi connectivity index (χ3v) is 5.64. The summed E-state index contributed by atoms with van der Waals surface area (Å²) >= 11 is 1.79. The molecule has 0 fully saturated rings. The van der Waals surface area contributed by atoms with Gasteiger partial charge in [-0.3, -0.25) is 0 Å². The predicted molar refractivity (Wildman–Crippen MR) is 96.4 cm³/mol. The molecular formula is C17H15N5OS. The molecule has 1 aliphatic carbocycles. The third-order valence-electron chi connectivity index (χ3n) is 4.46. The molecule has 0 aliphatic heterocycles. The summed E-state index contributed by atoms with van der Waals surface area (Å²) in [5, 5.41) is 4.58. The highest BCUT2D eigenvalue weighted by Crippen LogP contribution is 2.40. The first kappa shape index (κ1) is 13.7. The average Bonchev–Trinajstić information content (AvgIpc) is 3.19. The van der Waals surface area contributed by atoms with E-state index in [4.69, 9.17) is 0 Å². The number of hydrogen-bond acceptors (Lipinski definition) is 5. The Balaban J connectivity index is 1.66. The second-order valence-electron chi connectivity index (χ2n) is 6.12. The molecule has 3 aromatic heterocycles. The summed E-state index contributed by atoms with van der Waals surface area (Å²) in [5.74, 6) is 1.62. The van der Waals surface area contributed by atoms with Crippen molar-refractivity contribution in [2.24, 2.45) is 0 Å². The van der Waals surface area contributed by atoms with E-state index < -0.39 is 0 Å². The van der Waals surface area contributed by atoms with Crippen LogP contribution in [0.2, 0.25) is 0 Å². The van der Waals surface area contributed by atoms with E-state index in [1.807, 2.05) is 25.1 Å². The molecule has 0 saturated heterocycles. The van der Waals surface area contributed by atoms with Gasteiger partial charge in [-0.05, 0) is 49.9 Å². The maximum Gasteiger partial charge on any atom is 0.323 e. The minimum Gasteiger partial charge on any atom is -0.340 e. The topological polar surface area (TPSA) is 86.5 Å². The molecule has 0 saturated carbocycles. The molecule has 0 spiro atoms. The molecule has 1 aliphatic rings. The summed E-state index contributed by atoms with van der Waals surface area (Å²) in [6, 6.07) is 5.75. The fraction of sp³-hybridized carbons (Fsp3) is 0.235. The summed E-state index contributed by atoms with van der Waals surface area (Å²) in [6.45, 7) is 1.92. The maximum absolute atomic E-state index is 11.4. The molecule has 3 N–H and O–H groups in total. The molecule has 7 heteroatoms. The van der Waals surface area contributed by atoms with Gasteiger partial charge in [-0.1, -0.05) is 0 Å². The molecule has 0 radical (unpaired) electrons. The van der Waals surface area contributed by atoms with Crippen molar-refractivity contribution in [2.75, 3.05) is 5.32 Å². The number of fused-ring (bicyclic) bond motifs is 4. The van der Waals surface area contributed by atoms with Crippen molar-refractivity contribution in [1.29, 1.82) is 0 Å². The molecular weight excluding hydrogens is 322 g/mol. The van der Waals surface area contributed by atoms with Crippen molar-refractivity contribution in [1.82, 2.24) is 19.9 Å². The summed E-state index contributed by atoms with van der Waals surface area (Å²) < 4.78 is 0. The number of imidazole rings is 1. The quantitative estimate of drug-likeness (QED) is 0.523. The molecule has 0 bridgehead atoms. The molecule has 5 rings (SSSR count). The molecule has 3 heterocycles. The van der Waals surface area contributed by atoms with E-state index >= 15 is 0 Å². The summed E-state index contributed by atoms with van der Waals surface area (Å²) in [6.07, 6.45) is 3.45. The van der Waals surface area contributed by atoms with E-state index in [-0.39, 0.29) is 5.69 Å². The minimum atomic E-state index is -0.196. The zero-order valence-electron chi connectivity index (χ0n) is 13.1. The van der Waals surface area contributed by atoms with Crippen LogP contribution in [0, 0.1) is 6.92 Å². The van der Waals surface area contributed by atoms with Crippen molar-refractivity contribution in [3.8, 4) is 0 Å². The van der Waals surface area contributed by atoms with Crippen LogP contribution in [0.3, 0.4) is 0 Å². The summed E-state index contributed by atoms with van der Waals surface area (Å²) in [7, 11) is 0. The normalized spacial score (nSPS) is 13.7. The van der Waals surface area contributed by atoms with Crippen LogP contribution in [0.4, 0.5) is 11.5 Å². The van der Waals surface area contributed by atoms with Crippen LogP contribution in [-0.2, 0) is 12.8 Å². The number of benzene rings is 1. The highest BCUT2D eigenvalue weighted by atomic mass is 32.1. The molecule has 0 unspecified atom stereocenters. The Morgan fingerprint density at radius 2 is 2.04 bits per heavy atom. The predicted octanol–water partition coefficient (Wildman–Crippen LogP) is 3.40. The number of nitrogens with zero attached hydrogens (tertiary/aromatic N) is 2. The Morgan fingerprint density at radius 1 is 1.17 bits per heavy atom. The van der Waals surface area contributed by atoms with Gasteiger partial charge in [0.1, 0.15) is 16.5 Å². The van der Waals surface area contributed by atoms with Gasteiger partial charge < -0.3 is 15.3 Å². The van der Waals surface area contributed by atoms with Gasteiger partial charge in [0.25, 0.3) is 0 Å². The Kier molecular flexibility index (Phi) is 2.81. The number of anilines is 2. The summed E-state index contributed by atoms with van der Waals surface area (Å²) in [5.41, 5.74) is 3.68. The van der Waals surface area contributed by atoms with E-state index in [2.05, 4.69) is 25.3 Å². The van der Waals surface area contributed by atoms with Crippen molar-refractivity contribution < 1.29 is 0 Å². The second kappa shape index (κ2) is 4.91. The number of rotatable bonds is 2. The van der Waals surface area contributed by atoms with Gasteiger partial charge >= 0.3 is 5.69 Å². The van der Waals surface area contributed by atoms with E-state index in [9.17, 15) is 4.79 Å². The smallest absolute Gasteiger partial charge is 0.323 e. The molecule has 24 heavy (non-hydrogen) atoms. The Bertz CT molecular complexity index is 1150. The number of H-pyrrole nitrogens is 2. The van der Waals surface area contributed by atoms with Crippen molar-refractivity contribution in [2.45, 2.75) is 26.2 Å². The van der Waals surface area contributed by atoms with Gasteiger partial charge in [0.2, 0.25) is 0 Å². The van der Waals surface area contributed by atoms with E-state index in [0.717, 1.165) is 51.4 Å². The van der Waals surface area contributed by atoms with E-state index in [1.165, 1.54) is 16.9 Å². The molecule has 1 aromatic carbocycles. The standard InChI is InChI=1S/C17H15N5OS/c1-8-18-15(14-10-3-2-4-13(10)24-16(14)19-8)20-9-5-6-11-12(7-9)22-17(23)21-11/h5-7H,2-4H2,1H3,(H,18,19,20)(H2,21,22,23). The van der Waals surface area contributed by atoms with Gasteiger partial charge in [0.05, 0.1) is 16.4 Å². The first-order chi connectivity index (χ1) is 11.7. The van der Waals surface area contributed by atoms with Crippen molar-refractivity contribution >= 4 is 44.1 Å². The maximum atomic E-state index is 11.4. The number of aryl methyl sites for hydroxylation is 3. The fourth-order valence-corrected chi connectivity index (χ4v) is 4.75. The number of nitrogens with one attached hydrogen (secondary N) is 3. The number of hydrogen-bond donors (Lipinski definition) is 3. The van der Waals surface area contributed by atoms with Crippen LogP contribution in [0.5, 0.6) is 0 Å². The van der Waals surface area contributed by atoms with Gasteiger partial charge in [-0.15, -0.1) is 11.3 Å². The lowest BCUT2D eigenvalue weighted by molar-refractivity contribution is 0.917. The Labute approximate surface area is 141 Å². The van der Waals surface area contributed by atoms with Crippen LogP contribution in [-0.4, -0.2) is 19.9 Å². The van der Waals surface area contributed by atoms with Crippen LogP contribution in [0.15, 0.2) is 23.0 Å². The highest BCUT2D eigenvalue weighted by Gasteiger charge is 2.22. The lowest BCUT2D eigenvalue weighted by Gasteiger charge is -2.09. The number of aromatic nitrogens is 4. The van der Waals surface area contributed by atoms with Gasteiger partial charge in [0, 0.05) is 10.6 Å². The lowest BCUT2D eigenvalue weighted by Crippen LogP contribution is -1.99. The van der Waals surface area contributed by atoms with Crippen molar-refractivity contribution in [3.05, 3.63) is 44.9 Å². The third kappa shape index (κ3) is 2.05. The Hall–Kier alpha value is -2.67. The van der Waals surface area contributed by atoms with Crippen LogP contribution in [0.1, 0.15) is 22.7 Å². The van der Waals surface area contributed by atoms with Gasteiger partial charge in [0.15, 0.2) is 0 Å². The average molecular weight is 337 g/mol. The molecule has 0 atom stereocenters. The first-order valence-electron chi connectivity index (χ1n) is 7.95. The SMILES string of the molecule is Cc1nc(Nc2ccc3[nH]c(=O)[nH]c3c2)c2c3c(sc2n1)CCC3. The highest BCUT2D eigenvalue weighted by molar-refractivity contribution is 7.19. The Morgan fingerprint density at radius 3 is 2.96 bits per heavy atom. The summed E-state index contributed by atoms with van der Waals surface area (Å²) in [4.78, 5) is 28.7. The first-order valence-corrected chi connectivity index (χ1v) is 8.77. The zero-order chi connectivity index (χ0) is 16.3. The monoisotopic (exact) mass is 337 g/mol. The minimum absolute atomic E-state index is 0.196. The van der Waals surface area contributed by atoms with Gasteiger partial charge in [-0.25, -0.2) is 14.8 Å². The van der Waals surface area contributed by atoms with Crippen LogP contribution >= 0.6 is 11.3 Å². The number of thiophene rings is 1. The largest absolute Gasteiger partial charge is 0.340 e. The zero-order valence-corrected chi connectivity index (χ0v) is 13.9. The fourth-order valence-electron chi connectivity index (χ4n) is 3.44. The molecule has 6 nitrogen and oxygen atoms in total. The molecule has 0 amide bonds. The second-order valence-corrected chi connectivity index (χ2v) is 7.21. The van der Waals surface area contributed by atoms with Crippen molar-refractivity contribution in [3.63, 3.8) is 0 Å². The molecule has 4 aromatic rings. The van der Waals surface area contributed by atoms with E-state index in [1.54, 1.807) is 11.3 Å². The molecule has 120 valence electrons. The van der Waals surface area contributed by atoms with E-state index in [0.29, 0.717) is 0 Å². The lowest BCUT2D eigenvalue weighted by atomic mass is 10.2. The van der Waals surface area contributed by atoms with Crippen LogP contribution < -0.4 is 11.0 Å². The number of aromatic amines is 2. The van der Waals surface area contributed by atoms with Crippen LogP contribution in [0.25, 0.3) is 21.3 Å².